The first-order valence-electron chi connectivity index (χ1n) is 7.12. The van der Waals surface area contributed by atoms with Crippen molar-refractivity contribution in [2.45, 2.75) is 26.2 Å². The van der Waals surface area contributed by atoms with Crippen LogP contribution in [0.25, 0.3) is 0 Å². The topological polar surface area (TPSA) is 76.7 Å². The summed E-state index contributed by atoms with van der Waals surface area (Å²) in [5.41, 5.74) is 0.658. The molecular weight excluding hydrogens is 272 g/mol. The Labute approximate surface area is 124 Å². The average Bonchev–Trinajstić information content (AvgIpc) is 2.49. The highest BCUT2D eigenvalue weighted by molar-refractivity contribution is 5.84. The van der Waals surface area contributed by atoms with Crippen molar-refractivity contribution in [1.82, 2.24) is 5.32 Å². The van der Waals surface area contributed by atoms with E-state index >= 15 is 0 Å². The maximum atomic E-state index is 11.4. The van der Waals surface area contributed by atoms with Crippen LogP contribution < -0.4 is 10.6 Å². The van der Waals surface area contributed by atoms with Crippen LogP contribution in [-0.2, 0) is 9.47 Å². The van der Waals surface area contributed by atoms with Crippen LogP contribution in [0.4, 0.5) is 15.3 Å². The first kappa shape index (κ1) is 16.8. The molecule has 0 aliphatic rings. The number of alkyl carbamates (subject to hydrolysis) is 1. The Bertz CT molecular complexity index is 423. The summed E-state index contributed by atoms with van der Waals surface area (Å²) in [4.78, 5) is 22.7. The number of hydrogen-bond donors (Lipinski definition) is 2. The quantitative estimate of drug-likeness (QED) is 0.722. The first-order chi connectivity index (χ1) is 10.2. The second-order valence-corrected chi connectivity index (χ2v) is 4.40. The number of benzene rings is 1. The van der Waals surface area contributed by atoms with Crippen molar-refractivity contribution in [2.24, 2.45) is 0 Å². The van der Waals surface area contributed by atoms with Gasteiger partial charge >= 0.3 is 12.2 Å². The number of amides is 2. The van der Waals surface area contributed by atoms with Crippen molar-refractivity contribution in [3.63, 3.8) is 0 Å². The van der Waals surface area contributed by atoms with E-state index in [9.17, 15) is 9.59 Å². The SMILES string of the molecule is CCCCCOC(=O)NCCOC(=O)Nc1ccccc1. The third kappa shape index (κ3) is 8.52. The number of anilines is 1. The van der Waals surface area contributed by atoms with Crippen LogP contribution in [-0.4, -0.2) is 31.9 Å². The summed E-state index contributed by atoms with van der Waals surface area (Å²) in [6.07, 6.45) is 1.93. The van der Waals surface area contributed by atoms with Gasteiger partial charge in [0.25, 0.3) is 0 Å². The summed E-state index contributed by atoms with van der Waals surface area (Å²) in [6, 6.07) is 8.99. The Kier molecular flexibility index (Phi) is 8.44. The molecule has 21 heavy (non-hydrogen) atoms. The summed E-state index contributed by atoms with van der Waals surface area (Å²) in [6.45, 7) is 2.80. The lowest BCUT2D eigenvalue weighted by atomic mass is 10.3. The Balaban J connectivity index is 2.03. The summed E-state index contributed by atoms with van der Waals surface area (Å²) < 4.78 is 9.86. The van der Waals surface area contributed by atoms with Crippen LogP contribution in [0.15, 0.2) is 30.3 Å². The fraction of sp³-hybridized carbons (Fsp3) is 0.467. The third-order valence-electron chi connectivity index (χ3n) is 2.61. The highest BCUT2D eigenvalue weighted by Gasteiger charge is 2.04. The standard InChI is InChI=1S/C15H22N2O4/c1-2-3-7-11-20-14(18)16-10-12-21-15(19)17-13-8-5-4-6-9-13/h4-6,8-9H,2-3,7,10-12H2,1H3,(H,16,18)(H,17,19). The molecule has 0 saturated heterocycles. The minimum absolute atomic E-state index is 0.0860. The molecule has 0 spiro atoms. The van der Waals surface area contributed by atoms with E-state index in [0.717, 1.165) is 19.3 Å². The van der Waals surface area contributed by atoms with E-state index in [1.165, 1.54) is 0 Å². The number of hydrogen-bond acceptors (Lipinski definition) is 4. The van der Waals surface area contributed by atoms with Gasteiger partial charge in [-0.1, -0.05) is 38.0 Å². The molecule has 0 fully saturated rings. The number of carbonyl (C=O) groups excluding carboxylic acids is 2. The molecule has 0 aliphatic heterocycles. The predicted molar refractivity (Wildman–Crippen MR) is 80.3 cm³/mol. The van der Waals surface area contributed by atoms with Gasteiger partial charge in [-0.25, -0.2) is 9.59 Å². The summed E-state index contributed by atoms with van der Waals surface area (Å²) >= 11 is 0. The van der Waals surface area contributed by atoms with Gasteiger partial charge in [-0.15, -0.1) is 0 Å². The smallest absolute Gasteiger partial charge is 0.411 e. The number of ether oxygens (including phenoxy) is 2. The van der Waals surface area contributed by atoms with E-state index in [1.54, 1.807) is 12.1 Å². The monoisotopic (exact) mass is 294 g/mol. The predicted octanol–water partition coefficient (Wildman–Crippen LogP) is 3.15. The van der Waals surface area contributed by atoms with E-state index in [2.05, 4.69) is 17.6 Å². The van der Waals surface area contributed by atoms with Crippen LogP contribution in [0.5, 0.6) is 0 Å². The highest BCUT2D eigenvalue weighted by atomic mass is 16.6. The van der Waals surface area contributed by atoms with Crippen molar-refractivity contribution >= 4 is 17.9 Å². The lowest BCUT2D eigenvalue weighted by Crippen LogP contribution is -2.29. The van der Waals surface area contributed by atoms with Gasteiger partial charge in [0, 0.05) is 5.69 Å². The second-order valence-electron chi connectivity index (χ2n) is 4.40. The van der Waals surface area contributed by atoms with Crippen molar-refractivity contribution in [2.75, 3.05) is 25.1 Å². The Morgan fingerprint density at radius 3 is 2.43 bits per heavy atom. The number of unbranched alkanes of at least 4 members (excludes halogenated alkanes) is 2. The Morgan fingerprint density at radius 2 is 1.71 bits per heavy atom. The minimum Gasteiger partial charge on any atom is -0.450 e. The second kappa shape index (κ2) is 10.5. The molecule has 1 aromatic carbocycles. The molecule has 6 nitrogen and oxygen atoms in total. The molecule has 116 valence electrons. The molecule has 2 N–H and O–H groups in total. The van der Waals surface area contributed by atoms with Crippen molar-refractivity contribution in [1.29, 1.82) is 0 Å². The van der Waals surface area contributed by atoms with Crippen molar-refractivity contribution in [3.8, 4) is 0 Å². The summed E-state index contributed by atoms with van der Waals surface area (Å²) in [5, 5.41) is 5.09. The molecule has 0 radical (unpaired) electrons. The molecule has 0 atom stereocenters. The number of para-hydroxylation sites is 1. The van der Waals surface area contributed by atoms with Gasteiger partial charge in [0.15, 0.2) is 0 Å². The zero-order chi connectivity index (χ0) is 15.3. The van der Waals surface area contributed by atoms with Crippen LogP contribution in [0.2, 0.25) is 0 Å². The first-order valence-corrected chi connectivity index (χ1v) is 7.12. The lowest BCUT2D eigenvalue weighted by Gasteiger charge is -2.08. The lowest BCUT2D eigenvalue weighted by molar-refractivity contribution is 0.135. The van der Waals surface area contributed by atoms with Gasteiger partial charge in [0.05, 0.1) is 13.2 Å². The average molecular weight is 294 g/mol. The molecule has 0 unspecified atom stereocenters. The van der Waals surface area contributed by atoms with Crippen LogP contribution in [0, 0.1) is 0 Å². The summed E-state index contributed by atoms with van der Waals surface area (Å²) in [7, 11) is 0. The number of carbonyl (C=O) groups is 2. The minimum atomic E-state index is -0.556. The number of nitrogens with one attached hydrogen (secondary N) is 2. The van der Waals surface area contributed by atoms with Crippen molar-refractivity contribution < 1.29 is 19.1 Å². The number of rotatable bonds is 8. The Morgan fingerprint density at radius 1 is 1.00 bits per heavy atom. The fourth-order valence-electron chi connectivity index (χ4n) is 1.54. The maximum Gasteiger partial charge on any atom is 0.411 e. The molecule has 1 rings (SSSR count). The van der Waals surface area contributed by atoms with Crippen molar-refractivity contribution in [3.05, 3.63) is 30.3 Å². The van der Waals surface area contributed by atoms with Gasteiger partial charge in [-0.2, -0.15) is 0 Å². The van der Waals surface area contributed by atoms with Gasteiger partial charge in [0.1, 0.15) is 6.61 Å². The largest absolute Gasteiger partial charge is 0.450 e. The molecule has 1 aromatic rings. The zero-order valence-electron chi connectivity index (χ0n) is 12.3. The third-order valence-corrected chi connectivity index (χ3v) is 2.61. The van der Waals surface area contributed by atoms with Crippen LogP contribution in [0.1, 0.15) is 26.2 Å². The molecule has 2 amide bonds. The Hall–Kier alpha value is -2.24. The normalized spacial score (nSPS) is 9.76. The fourth-order valence-corrected chi connectivity index (χ4v) is 1.54. The van der Waals surface area contributed by atoms with E-state index in [0.29, 0.717) is 12.3 Å². The maximum absolute atomic E-state index is 11.4. The van der Waals surface area contributed by atoms with E-state index in [1.807, 2.05) is 18.2 Å². The van der Waals surface area contributed by atoms with Crippen LogP contribution in [0.3, 0.4) is 0 Å². The van der Waals surface area contributed by atoms with E-state index in [4.69, 9.17) is 9.47 Å². The molecule has 0 saturated carbocycles. The van der Waals surface area contributed by atoms with E-state index < -0.39 is 12.2 Å². The molecule has 0 heterocycles. The van der Waals surface area contributed by atoms with E-state index in [-0.39, 0.29) is 13.2 Å². The molecule has 0 bridgehead atoms. The zero-order valence-corrected chi connectivity index (χ0v) is 12.3. The van der Waals surface area contributed by atoms with Gasteiger partial charge in [-0.3, -0.25) is 5.32 Å². The molecule has 0 aromatic heterocycles. The summed E-state index contributed by atoms with van der Waals surface area (Å²) in [5.74, 6) is 0. The molecule has 0 aliphatic carbocycles. The van der Waals surface area contributed by atoms with Gasteiger partial charge in [-0.05, 0) is 18.6 Å². The molecular formula is C15H22N2O4. The van der Waals surface area contributed by atoms with Crippen LogP contribution >= 0.6 is 0 Å². The van der Waals surface area contributed by atoms with Gasteiger partial charge in [0.2, 0.25) is 0 Å². The molecule has 6 heteroatoms. The highest BCUT2D eigenvalue weighted by Crippen LogP contribution is 2.04. The van der Waals surface area contributed by atoms with Gasteiger partial charge < -0.3 is 14.8 Å².